The maximum Gasteiger partial charge on any atom is 0.261 e. The maximum atomic E-state index is 12.3. The molecule has 0 saturated heterocycles. The average molecular weight is 486 g/mol. The van der Waals surface area contributed by atoms with Crippen LogP contribution >= 0.6 is 22.9 Å². The van der Waals surface area contributed by atoms with Gasteiger partial charge in [0.25, 0.3) is 11.5 Å². The van der Waals surface area contributed by atoms with Gasteiger partial charge in [-0.3, -0.25) is 14.2 Å². The van der Waals surface area contributed by atoms with E-state index in [1.54, 1.807) is 35.3 Å². The van der Waals surface area contributed by atoms with Gasteiger partial charge in [-0.05, 0) is 30.7 Å². The number of hydrogen-bond acceptors (Lipinski definition) is 6. The van der Waals surface area contributed by atoms with E-state index in [0.717, 1.165) is 17.1 Å². The number of nitrogens with one attached hydrogen (secondary N) is 2. The monoisotopic (exact) mass is 485 g/mol. The fourth-order valence-corrected chi connectivity index (χ4v) is 4.77. The lowest BCUT2D eigenvalue weighted by Gasteiger charge is -2.27. The second kappa shape index (κ2) is 10.2. The number of nitrogens with zero attached hydrogens (tertiary/aromatic N) is 3. The van der Waals surface area contributed by atoms with E-state index in [9.17, 15) is 14.7 Å². The van der Waals surface area contributed by atoms with E-state index >= 15 is 0 Å². The predicted molar refractivity (Wildman–Crippen MR) is 130 cm³/mol. The fraction of sp³-hybridized carbons (Fsp3) is 0.261. The third kappa shape index (κ3) is 5.27. The number of aromatic nitrogens is 3. The van der Waals surface area contributed by atoms with Crippen LogP contribution in [0.3, 0.4) is 0 Å². The number of aliphatic hydroxyl groups is 1. The van der Waals surface area contributed by atoms with E-state index in [0.29, 0.717) is 27.9 Å². The highest BCUT2D eigenvalue weighted by atomic mass is 35.5. The number of carbonyl (C=O) groups is 1. The Bertz CT molecular complexity index is 1270. The molecule has 33 heavy (non-hydrogen) atoms. The lowest BCUT2D eigenvalue weighted by Crippen LogP contribution is -2.27. The minimum Gasteiger partial charge on any atom is -0.395 e. The van der Waals surface area contributed by atoms with Crippen LogP contribution in [0.1, 0.15) is 28.7 Å². The first-order chi connectivity index (χ1) is 16.0. The second-order valence-corrected chi connectivity index (χ2v) is 9.37. The molecule has 0 bridgehead atoms. The summed E-state index contributed by atoms with van der Waals surface area (Å²) in [7, 11) is 0. The zero-order valence-corrected chi connectivity index (χ0v) is 19.6. The van der Waals surface area contributed by atoms with E-state index in [-0.39, 0.29) is 30.5 Å². The van der Waals surface area contributed by atoms with Gasteiger partial charge in [0.05, 0.1) is 40.1 Å². The van der Waals surface area contributed by atoms with Gasteiger partial charge in [-0.2, -0.15) is 0 Å². The number of hydrogen-bond donors (Lipinski definition) is 3. The molecule has 0 saturated carbocycles. The molecule has 10 heteroatoms. The van der Waals surface area contributed by atoms with E-state index < -0.39 is 0 Å². The summed E-state index contributed by atoms with van der Waals surface area (Å²) in [4.78, 5) is 29.6. The van der Waals surface area contributed by atoms with Crippen LogP contribution in [0.4, 0.5) is 0 Å². The van der Waals surface area contributed by atoms with Gasteiger partial charge in [0, 0.05) is 42.3 Å². The van der Waals surface area contributed by atoms with Gasteiger partial charge >= 0.3 is 0 Å². The average Bonchev–Trinajstić information content (AvgIpc) is 3.45. The first-order valence-electron chi connectivity index (χ1n) is 10.5. The second-order valence-electron chi connectivity index (χ2n) is 7.66. The maximum absolute atomic E-state index is 12.3. The zero-order valence-electron chi connectivity index (χ0n) is 18.0. The van der Waals surface area contributed by atoms with E-state index in [1.165, 1.54) is 17.4 Å². The molecule has 3 N–H and O–H groups in total. The van der Waals surface area contributed by atoms with Crippen LogP contribution in [-0.4, -0.2) is 38.3 Å². The summed E-state index contributed by atoms with van der Waals surface area (Å²) in [5, 5.41) is 15.5. The molecule has 4 rings (SSSR count). The summed E-state index contributed by atoms with van der Waals surface area (Å²) in [5.74, 6) is -0.124. The Balaban J connectivity index is 1.59. The van der Waals surface area contributed by atoms with Crippen LogP contribution in [0, 0.1) is 5.92 Å². The van der Waals surface area contributed by atoms with Crippen molar-refractivity contribution in [2.75, 3.05) is 13.2 Å². The summed E-state index contributed by atoms with van der Waals surface area (Å²) in [6.45, 7) is 2.72. The van der Waals surface area contributed by atoms with Crippen LogP contribution in [0.5, 0.6) is 0 Å². The molecule has 0 radical (unpaired) electrons. The van der Waals surface area contributed by atoms with Gasteiger partial charge in [0.15, 0.2) is 0 Å². The minimum absolute atomic E-state index is 0.0203. The van der Waals surface area contributed by atoms with Crippen molar-refractivity contribution < 1.29 is 9.90 Å². The van der Waals surface area contributed by atoms with Crippen molar-refractivity contribution in [3.05, 3.63) is 86.1 Å². The van der Waals surface area contributed by atoms with Crippen LogP contribution in [0.2, 0.25) is 4.34 Å². The number of amides is 1. The molecule has 3 heterocycles. The fourth-order valence-electron chi connectivity index (χ4n) is 3.81. The number of pyridine rings is 1. The molecule has 1 aliphatic rings. The zero-order chi connectivity index (χ0) is 23.4. The molecule has 1 aliphatic carbocycles. The van der Waals surface area contributed by atoms with Crippen LogP contribution in [-0.2, 0) is 6.54 Å². The van der Waals surface area contributed by atoms with E-state index in [2.05, 4.69) is 22.5 Å². The molecule has 0 fully saturated rings. The molecule has 1 atom stereocenters. The Morgan fingerprint density at radius 2 is 2.18 bits per heavy atom. The number of halogens is 1. The van der Waals surface area contributed by atoms with Crippen molar-refractivity contribution >= 4 is 40.2 Å². The van der Waals surface area contributed by atoms with Gasteiger partial charge in [-0.25, -0.2) is 4.98 Å². The smallest absolute Gasteiger partial charge is 0.261 e. The third-order valence-corrected chi connectivity index (χ3v) is 6.50. The largest absolute Gasteiger partial charge is 0.395 e. The standard InChI is InChI=1S/C23H24ClN5O3S/c1-15-10-17(29-8-3-2-4-21(29)31)11-18(25-7-9-30)22(15)28-13-16(27-14-28)12-26-23(32)19-5-6-20(24)33-19/h2-6,8,11,13-15,25,30H,7,9-10,12H2,1H3,(H,26,32). The summed E-state index contributed by atoms with van der Waals surface area (Å²) in [5.41, 5.74) is 3.29. The molecule has 1 unspecified atom stereocenters. The lowest BCUT2D eigenvalue weighted by atomic mass is 9.93. The number of aliphatic hydroxyl groups excluding tert-OH is 1. The van der Waals surface area contributed by atoms with Crippen molar-refractivity contribution in [3.63, 3.8) is 0 Å². The van der Waals surface area contributed by atoms with Crippen molar-refractivity contribution in [3.8, 4) is 0 Å². The van der Waals surface area contributed by atoms with Gasteiger partial charge in [-0.1, -0.05) is 24.6 Å². The molecule has 1 amide bonds. The number of carbonyl (C=O) groups excluding carboxylic acids is 1. The molecule has 172 valence electrons. The summed E-state index contributed by atoms with van der Waals surface area (Å²) in [6, 6.07) is 8.46. The quantitative estimate of drug-likeness (QED) is 0.455. The minimum atomic E-state index is -0.196. The van der Waals surface area contributed by atoms with Gasteiger partial charge < -0.3 is 20.3 Å². The van der Waals surface area contributed by atoms with Gasteiger partial charge in [0.1, 0.15) is 0 Å². The van der Waals surface area contributed by atoms with Gasteiger partial charge in [0.2, 0.25) is 0 Å². The highest BCUT2D eigenvalue weighted by Crippen LogP contribution is 2.33. The summed E-state index contributed by atoms with van der Waals surface area (Å²) in [6.07, 6.45) is 7.95. The van der Waals surface area contributed by atoms with Crippen molar-refractivity contribution in [1.82, 2.24) is 24.8 Å². The predicted octanol–water partition coefficient (Wildman–Crippen LogP) is 3.02. The van der Waals surface area contributed by atoms with Crippen LogP contribution in [0.15, 0.2) is 65.6 Å². The van der Waals surface area contributed by atoms with Crippen LogP contribution in [0.25, 0.3) is 11.4 Å². The van der Waals surface area contributed by atoms with Crippen LogP contribution < -0.4 is 16.2 Å². The first kappa shape index (κ1) is 23.0. The topological polar surface area (TPSA) is 101 Å². The molecule has 0 aliphatic heterocycles. The highest BCUT2D eigenvalue weighted by molar-refractivity contribution is 7.17. The number of thiophene rings is 1. The molecule has 3 aromatic heterocycles. The Kier molecular flexibility index (Phi) is 7.12. The Labute approximate surface area is 199 Å². The van der Waals surface area contributed by atoms with Crippen molar-refractivity contribution in [1.29, 1.82) is 0 Å². The Hall–Kier alpha value is -3.14. The first-order valence-corrected chi connectivity index (χ1v) is 11.7. The molecule has 8 nitrogen and oxygen atoms in total. The molecular formula is C23H24ClN5O3S. The van der Waals surface area contributed by atoms with Crippen molar-refractivity contribution in [2.24, 2.45) is 5.92 Å². The Morgan fingerprint density at radius 1 is 1.33 bits per heavy atom. The third-order valence-electron chi connectivity index (χ3n) is 5.27. The number of imidazole rings is 1. The van der Waals surface area contributed by atoms with Crippen molar-refractivity contribution in [2.45, 2.75) is 19.9 Å². The number of allylic oxidation sites excluding steroid dienone is 3. The summed E-state index contributed by atoms with van der Waals surface area (Å²) >= 11 is 7.13. The number of rotatable bonds is 8. The van der Waals surface area contributed by atoms with Gasteiger partial charge in [-0.15, -0.1) is 11.3 Å². The Morgan fingerprint density at radius 3 is 2.91 bits per heavy atom. The molecule has 0 aromatic carbocycles. The lowest BCUT2D eigenvalue weighted by molar-refractivity contribution is 0.0954. The van der Waals surface area contributed by atoms with E-state index in [4.69, 9.17) is 11.6 Å². The molecule has 3 aromatic rings. The highest BCUT2D eigenvalue weighted by Gasteiger charge is 2.24. The molecule has 0 spiro atoms. The summed E-state index contributed by atoms with van der Waals surface area (Å²) < 4.78 is 4.13. The molecular weight excluding hydrogens is 462 g/mol. The van der Waals surface area contributed by atoms with E-state index in [1.807, 2.05) is 22.9 Å². The normalized spacial score (nSPS) is 16.0. The SMILES string of the molecule is CC1CC(n2ccccc2=O)=CC(NCCO)=C1n1cnc(CNC(=O)c2ccc(Cl)s2)c1.